The lowest BCUT2D eigenvalue weighted by molar-refractivity contribution is 0.0485. The molecule has 0 radical (unpaired) electrons. The Morgan fingerprint density at radius 2 is 2.04 bits per heavy atom. The van der Waals surface area contributed by atoms with Crippen LogP contribution >= 0.6 is 11.6 Å². The van der Waals surface area contributed by atoms with Crippen molar-refractivity contribution in [3.05, 3.63) is 70.2 Å². The van der Waals surface area contributed by atoms with Gasteiger partial charge in [0.15, 0.2) is 5.76 Å². The molecule has 1 aliphatic heterocycles. The van der Waals surface area contributed by atoms with Gasteiger partial charge in [0.2, 0.25) is 0 Å². The molecule has 1 aromatic heterocycles. The van der Waals surface area contributed by atoms with E-state index in [9.17, 15) is 9.18 Å². The van der Waals surface area contributed by atoms with Crippen LogP contribution in [0.1, 0.15) is 34.5 Å². The largest absolute Gasteiger partial charge is 0.451 e. The number of furan rings is 1. The molecule has 1 aliphatic rings. The van der Waals surface area contributed by atoms with Crippen LogP contribution in [0.4, 0.5) is 4.39 Å². The smallest absolute Gasteiger partial charge is 0.290 e. The first-order valence-corrected chi connectivity index (χ1v) is 9.73. The van der Waals surface area contributed by atoms with Crippen LogP contribution in [0.5, 0.6) is 0 Å². The highest BCUT2D eigenvalue weighted by atomic mass is 35.5. The summed E-state index contributed by atoms with van der Waals surface area (Å²) in [4.78, 5) is 15.1. The Bertz CT molecular complexity index is 993. The van der Waals surface area contributed by atoms with Gasteiger partial charge in [-0.15, -0.1) is 0 Å². The Hall–Kier alpha value is -2.37. The highest BCUT2D eigenvalue weighted by molar-refractivity contribution is 6.30. The highest BCUT2D eigenvalue weighted by Gasteiger charge is 2.27. The lowest BCUT2D eigenvalue weighted by Gasteiger charge is -2.25. The molecule has 0 unspecified atom stereocenters. The molecule has 146 valence electrons. The number of ether oxygens (including phenoxy) is 1. The normalized spacial score (nSPS) is 16.6. The molecule has 28 heavy (non-hydrogen) atoms. The summed E-state index contributed by atoms with van der Waals surface area (Å²) in [6, 6.07) is 11.7. The Labute approximate surface area is 167 Å². The van der Waals surface area contributed by atoms with Gasteiger partial charge in [-0.05, 0) is 55.7 Å². The summed E-state index contributed by atoms with van der Waals surface area (Å²) in [5.41, 5.74) is 2.12. The van der Waals surface area contributed by atoms with Crippen molar-refractivity contribution in [1.29, 1.82) is 0 Å². The predicted molar refractivity (Wildman–Crippen MR) is 106 cm³/mol. The topological polar surface area (TPSA) is 42.7 Å². The second kappa shape index (κ2) is 7.94. The molecule has 2 heterocycles. The molecule has 1 amide bonds. The van der Waals surface area contributed by atoms with E-state index >= 15 is 0 Å². The summed E-state index contributed by atoms with van der Waals surface area (Å²) in [7, 11) is 0. The zero-order chi connectivity index (χ0) is 19.7. The molecular weight excluding hydrogens is 381 g/mol. The van der Waals surface area contributed by atoms with Gasteiger partial charge in [-0.1, -0.05) is 23.7 Å². The van der Waals surface area contributed by atoms with Crippen molar-refractivity contribution in [2.24, 2.45) is 0 Å². The van der Waals surface area contributed by atoms with Gasteiger partial charge < -0.3 is 14.1 Å². The Morgan fingerprint density at radius 3 is 2.75 bits per heavy atom. The molecule has 0 spiro atoms. The fourth-order valence-corrected chi connectivity index (χ4v) is 3.73. The number of carbonyl (C=O) groups excluding carboxylic acids is 1. The van der Waals surface area contributed by atoms with Crippen LogP contribution < -0.4 is 0 Å². The highest BCUT2D eigenvalue weighted by Crippen LogP contribution is 2.28. The van der Waals surface area contributed by atoms with E-state index in [0.717, 1.165) is 25.0 Å². The van der Waals surface area contributed by atoms with E-state index in [-0.39, 0.29) is 23.6 Å². The molecule has 6 heteroatoms. The van der Waals surface area contributed by atoms with Crippen LogP contribution in [-0.4, -0.2) is 30.1 Å². The predicted octanol–water partition coefficient (Wildman–Crippen LogP) is 5.36. The molecule has 1 saturated heterocycles. The first kappa shape index (κ1) is 19.0. The summed E-state index contributed by atoms with van der Waals surface area (Å²) < 4.78 is 25.1. The van der Waals surface area contributed by atoms with E-state index in [1.165, 1.54) is 12.1 Å². The molecule has 1 fully saturated rings. The average molecular weight is 402 g/mol. The Morgan fingerprint density at radius 1 is 1.25 bits per heavy atom. The van der Waals surface area contributed by atoms with Crippen LogP contribution in [0.3, 0.4) is 0 Å². The molecule has 4 rings (SSSR count). The van der Waals surface area contributed by atoms with E-state index in [1.54, 1.807) is 30.0 Å². The molecule has 1 atom stereocenters. The molecule has 0 N–H and O–H groups in total. The van der Waals surface area contributed by atoms with Crippen molar-refractivity contribution < 1.29 is 18.3 Å². The van der Waals surface area contributed by atoms with E-state index < -0.39 is 0 Å². The number of amides is 1. The van der Waals surface area contributed by atoms with Crippen LogP contribution in [0.15, 0.2) is 46.9 Å². The van der Waals surface area contributed by atoms with Crippen molar-refractivity contribution in [2.45, 2.75) is 32.4 Å². The third-order valence-electron chi connectivity index (χ3n) is 5.11. The first-order valence-electron chi connectivity index (χ1n) is 9.35. The van der Waals surface area contributed by atoms with Crippen LogP contribution in [0, 0.1) is 12.7 Å². The lowest BCUT2D eigenvalue weighted by Crippen LogP contribution is -2.37. The number of aryl methyl sites for hydroxylation is 1. The minimum absolute atomic E-state index is 0.0124. The third kappa shape index (κ3) is 3.91. The molecular formula is C22H21ClFNO3. The van der Waals surface area contributed by atoms with Gasteiger partial charge in [0.05, 0.1) is 6.10 Å². The molecule has 2 aromatic carbocycles. The van der Waals surface area contributed by atoms with E-state index in [0.29, 0.717) is 34.6 Å². The van der Waals surface area contributed by atoms with Crippen molar-refractivity contribution >= 4 is 28.5 Å². The maximum absolute atomic E-state index is 13.6. The summed E-state index contributed by atoms with van der Waals surface area (Å²) in [6.07, 6.45) is 1.93. The SMILES string of the molecule is Cc1c(C(=O)N(Cc2ccc(Cl)cc2)C[C@@H]2CCCO2)oc2ccc(F)cc12. The van der Waals surface area contributed by atoms with Gasteiger partial charge in [-0.25, -0.2) is 4.39 Å². The second-order valence-electron chi connectivity index (χ2n) is 7.14. The van der Waals surface area contributed by atoms with Gasteiger partial charge in [0.1, 0.15) is 11.4 Å². The summed E-state index contributed by atoms with van der Waals surface area (Å²) in [5.74, 6) is -0.333. The zero-order valence-electron chi connectivity index (χ0n) is 15.6. The fraction of sp³-hybridized carbons (Fsp3) is 0.318. The minimum Gasteiger partial charge on any atom is -0.451 e. The average Bonchev–Trinajstić information content (AvgIpc) is 3.31. The number of halogens is 2. The maximum atomic E-state index is 13.6. The molecule has 0 saturated carbocycles. The maximum Gasteiger partial charge on any atom is 0.290 e. The number of hydrogen-bond acceptors (Lipinski definition) is 3. The van der Waals surface area contributed by atoms with Crippen molar-refractivity contribution in [3.63, 3.8) is 0 Å². The minimum atomic E-state index is -0.354. The number of hydrogen-bond donors (Lipinski definition) is 0. The third-order valence-corrected chi connectivity index (χ3v) is 5.37. The van der Waals surface area contributed by atoms with Crippen LogP contribution in [-0.2, 0) is 11.3 Å². The van der Waals surface area contributed by atoms with Gasteiger partial charge in [0.25, 0.3) is 5.91 Å². The van der Waals surface area contributed by atoms with Crippen LogP contribution in [0.2, 0.25) is 5.02 Å². The van der Waals surface area contributed by atoms with Crippen molar-refractivity contribution in [1.82, 2.24) is 4.90 Å². The van der Waals surface area contributed by atoms with Crippen molar-refractivity contribution in [3.8, 4) is 0 Å². The zero-order valence-corrected chi connectivity index (χ0v) is 16.3. The Kier molecular flexibility index (Phi) is 5.38. The first-order chi connectivity index (χ1) is 13.5. The van der Waals surface area contributed by atoms with Crippen LogP contribution in [0.25, 0.3) is 11.0 Å². The van der Waals surface area contributed by atoms with Gasteiger partial charge in [0, 0.05) is 35.7 Å². The van der Waals surface area contributed by atoms with E-state index in [1.807, 2.05) is 12.1 Å². The van der Waals surface area contributed by atoms with Gasteiger partial charge >= 0.3 is 0 Å². The molecule has 3 aromatic rings. The number of nitrogens with zero attached hydrogens (tertiary/aromatic N) is 1. The number of rotatable bonds is 5. The van der Waals surface area contributed by atoms with Gasteiger partial charge in [-0.2, -0.15) is 0 Å². The number of carbonyl (C=O) groups is 1. The molecule has 0 aliphatic carbocycles. The second-order valence-corrected chi connectivity index (χ2v) is 7.58. The number of benzene rings is 2. The number of fused-ring (bicyclic) bond motifs is 1. The van der Waals surface area contributed by atoms with E-state index in [2.05, 4.69) is 0 Å². The lowest BCUT2D eigenvalue weighted by atomic mass is 10.1. The Balaban J connectivity index is 1.65. The van der Waals surface area contributed by atoms with Gasteiger partial charge in [-0.3, -0.25) is 4.79 Å². The standard InChI is InChI=1S/C22H21ClFNO3/c1-14-19-11-17(24)8-9-20(19)28-21(14)22(26)25(13-18-3-2-10-27-18)12-15-4-6-16(23)7-5-15/h4-9,11,18H,2-3,10,12-13H2,1H3/t18-/m0/s1. The van der Waals surface area contributed by atoms with Crippen molar-refractivity contribution in [2.75, 3.05) is 13.2 Å². The molecule has 4 nitrogen and oxygen atoms in total. The summed E-state index contributed by atoms with van der Waals surface area (Å²) in [6.45, 7) is 3.40. The fourth-order valence-electron chi connectivity index (χ4n) is 3.60. The van der Waals surface area contributed by atoms with E-state index in [4.69, 9.17) is 20.8 Å². The summed E-state index contributed by atoms with van der Waals surface area (Å²) in [5, 5.41) is 1.27. The quantitative estimate of drug-likeness (QED) is 0.578. The monoisotopic (exact) mass is 401 g/mol. The summed E-state index contributed by atoms with van der Waals surface area (Å²) >= 11 is 5.98. The molecule has 0 bridgehead atoms.